The van der Waals surface area contributed by atoms with Gasteiger partial charge in [-0.25, -0.2) is 18.2 Å². The van der Waals surface area contributed by atoms with Crippen LogP contribution in [0.1, 0.15) is 24.3 Å². The number of carbonyl (C=O) groups is 1. The minimum Gasteiger partial charge on any atom is -0.496 e. The first-order valence-electron chi connectivity index (χ1n) is 10.7. The Bertz CT molecular complexity index is 1220. The third-order valence-corrected chi connectivity index (χ3v) is 6.29. The summed E-state index contributed by atoms with van der Waals surface area (Å²) in [5.41, 5.74) is 6.80. The maximum Gasteiger partial charge on any atom is 0.261 e. The number of methoxy groups -OCH3 is 1. The Morgan fingerprint density at radius 1 is 1.32 bits per heavy atom. The van der Waals surface area contributed by atoms with Crippen LogP contribution in [0, 0.1) is 5.82 Å². The van der Waals surface area contributed by atoms with E-state index < -0.39 is 23.6 Å². The van der Waals surface area contributed by atoms with Crippen LogP contribution < -0.4 is 15.8 Å². The molecule has 1 unspecified atom stereocenters. The Kier molecular flexibility index (Phi) is 6.86. The van der Waals surface area contributed by atoms with Crippen molar-refractivity contribution in [3.05, 3.63) is 59.0 Å². The van der Waals surface area contributed by atoms with Crippen molar-refractivity contribution in [2.75, 3.05) is 32.1 Å². The number of alkyl halides is 2. The number of primary amides is 1. The van der Waals surface area contributed by atoms with E-state index in [-0.39, 0.29) is 31.0 Å². The molecule has 1 aliphatic rings. The number of nitrogens with one attached hydrogen (secondary N) is 1. The van der Waals surface area contributed by atoms with Crippen LogP contribution in [0.4, 0.5) is 24.7 Å². The van der Waals surface area contributed by atoms with Gasteiger partial charge in [-0.05, 0) is 54.8 Å². The summed E-state index contributed by atoms with van der Waals surface area (Å²) in [6.45, 7) is 0.244. The lowest BCUT2D eigenvalue weighted by Gasteiger charge is -2.22. The predicted molar refractivity (Wildman–Crippen MR) is 126 cm³/mol. The van der Waals surface area contributed by atoms with Crippen molar-refractivity contribution in [1.29, 1.82) is 0 Å². The van der Waals surface area contributed by atoms with Crippen LogP contribution in [-0.2, 0) is 4.79 Å². The number of nitrogens with two attached hydrogens (primary N) is 1. The molecule has 0 radical (unpaired) electrons. The van der Waals surface area contributed by atoms with Crippen molar-refractivity contribution < 1.29 is 22.7 Å². The highest BCUT2D eigenvalue weighted by atomic mass is 35.5. The third-order valence-electron chi connectivity index (χ3n) is 6.00. The molecular formula is C24H24ClF3N4O2. The molecule has 0 aliphatic carbocycles. The SMILES string of the molecule is COc1cc2ccnc(Nc3ccc(F)c(Cl)c3)c2cc1C(CCN1CCC(F)(F)C1)C(N)=O. The Morgan fingerprint density at radius 2 is 2.12 bits per heavy atom. The van der Waals surface area contributed by atoms with Crippen LogP contribution in [0.2, 0.25) is 5.02 Å². The molecule has 34 heavy (non-hydrogen) atoms. The van der Waals surface area contributed by atoms with Gasteiger partial charge in [0.25, 0.3) is 5.92 Å². The van der Waals surface area contributed by atoms with Crippen LogP contribution >= 0.6 is 11.6 Å². The van der Waals surface area contributed by atoms with E-state index in [0.717, 1.165) is 5.39 Å². The van der Waals surface area contributed by atoms with Gasteiger partial charge in [0, 0.05) is 35.8 Å². The molecule has 2 aromatic carbocycles. The molecule has 4 rings (SSSR count). The van der Waals surface area contributed by atoms with Crippen LogP contribution in [0.15, 0.2) is 42.6 Å². The maximum absolute atomic E-state index is 13.6. The second kappa shape index (κ2) is 9.68. The zero-order valence-electron chi connectivity index (χ0n) is 18.5. The lowest BCUT2D eigenvalue weighted by atomic mass is 9.91. The van der Waals surface area contributed by atoms with Crippen molar-refractivity contribution in [2.45, 2.75) is 24.7 Å². The molecule has 1 amide bonds. The van der Waals surface area contributed by atoms with E-state index >= 15 is 0 Å². The molecule has 180 valence electrons. The number of pyridine rings is 1. The highest BCUT2D eigenvalue weighted by Gasteiger charge is 2.38. The number of amides is 1. The van der Waals surface area contributed by atoms with Gasteiger partial charge < -0.3 is 15.8 Å². The van der Waals surface area contributed by atoms with E-state index in [4.69, 9.17) is 22.1 Å². The van der Waals surface area contributed by atoms with E-state index in [1.165, 1.54) is 25.3 Å². The van der Waals surface area contributed by atoms with Gasteiger partial charge in [-0.3, -0.25) is 9.69 Å². The van der Waals surface area contributed by atoms with Gasteiger partial charge in [-0.15, -0.1) is 0 Å². The number of nitrogens with zero attached hydrogens (tertiary/aromatic N) is 2. The van der Waals surface area contributed by atoms with Gasteiger partial charge >= 0.3 is 0 Å². The van der Waals surface area contributed by atoms with Gasteiger partial charge in [0.2, 0.25) is 5.91 Å². The van der Waals surface area contributed by atoms with E-state index in [2.05, 4.69) is 10.3 Å². The van der Waals surface area contributed by atoms with E-state index in [9.17, 15) is 18.0 Å². The van der Waals surface area contributed by atoms with Gasteiger partial charge in [0.05, 0.1) is 24.6 Å². The molecule has 3 N–H and O–H groups in total. The fraction of sp³-hybridized carbons (Fsp3) is 0.333. The normalized spacial score (nSPS) is 16.5. The molecule has 1 fully saturated rings. The van der Waals surface area contributed by atoms with Gasteiger partial charge in [0.1, 0.15) is 17.4 Å². The number of hydrogen-bond acceptors (Lipinski definition) is 5. The van der Waals surface area contributed by atoms with Gasteiger partial charge in [-0.2, -0.15) is 0 Å². The maximum atomic E-state index is 13.6. The molecule has 0 bridgehead atoms. The first-order chi connectivity index (χ1) is 16.2. The average molecular weight is 493 g/mol. The van der Waals surface area contributed by atoms with Gasteiger partial charge in [0.15, 0.2) is 0 Å². The molecule has 3 aromatic rings. The number of hydrogen-bond donors (Lipinski definition) is 2. The summed E-state index contributed by atoms with van der Waals surface area (Å²) in [5, 5.41) is 4.55. The number of anilines is 2. The quantitative estimate of drug-likeness (QED) is 0.458. The summed E-state index contributed by atoms with van der Waals surface area (Å²) in [6.07, 6.45) is 1.68. The molecule has 1 saturated heterocycles. The van der Waals surface area contributed by atoms with Crippen LogP contribution in [0.5, 0.6) is 5.75 Å². The lowest BCUT2D eigenvalue weighted by molar-refractivity contribution is -0.119. The highest BCUT2D eigenvalue weighted by molar-refractivity contribution is 6.31. The number of aromatic nitrogens is 1. The Balaban J connectivity index is 1.68. The number of fused-ring (bicyclic) bond motifs is 1. The zero-order chi connectivity index (χ0) is 24.5. The van der Waals surface area contributed by atoms with Crippen LogP contribution in [0.3, 0.4) is 0 Å². The molecule has 0 saturated carbocycles. The summed E-state index contributed by atoms with van der Waals surface area (Å²) in [5.74, 6) is -3.64. The summed E-state index contributed by atoms with van der Waals surface area (Å²) in [4.78, 5) is 18.4. The fourth-order valence-electron chi connectivity index (χ4n) is 4.24. The van der Waals surface area contributed by atoms with E-state index in [1.807, 2.05) is 0 Å². The predicted octanol–water partition coefficient (Wildman–Crippen LogP) is 5.08. The van der Waals surface area contributed by atoms with Crippen molar-refractivity contribution >= 4 is 39.8 Å². The summed E-state index contributed by atoms with van der Waals surface area (Å²) < 4.78 is 46.2. The minimum atomic E-state index is -2.71. The highest BCUT2D eigenvalue weighted by Crippen LogP contribution is 2.37. The van der Waals surface area contributed by atoms with Crippen LogP contribution in [0.25, 0.3) is 10.8 Å². The van der Waals surface area contributed by atoms with Crippen molar-refractivity contribution in [1.82, 2.24) is 9.88 Å². The largest absolute Gasteiger partial charge is 0.496 e. The third kappa shape index (κ3) is 5.20. The zero-order valence-corrected chi connectivity index (χ0v) is 19.2. The molecule has 2 heterocycles. The summed E-state index contributed by atoms with van der Waals surface area (Å²) >= 11 is 5.89. The first kappa shape index (κ1) is 24.1. The second-order valence-electron chi connectivity index (χ2n) is 8.35. The second-order valence-corrected chi connectivity index (χ2v) is 8.76. The standard InChI is InChI=1S/C24H24ClF3N4O2/c1-34-21-10-14-4-7-30-23(31-15-2-3-20(26)19(25)11-15)17(14)12-18(21)16(22(29)33)5-8-32-9-6-24(27,28)13-32/h2-4,7,10-12,16H,5-6,8-9,13H2,1H3,(H2,29,33)(H,30,31). The molecule has 1 aliphatic heterocycles. The average Bonchev–Trinajstić information content (AvgIpc) is 3.14. The van der Waals surface area contributed by atoms with Crippen molar-refractivity contribution in [2.24, 2.45) is 5.73 Å². The monoisotopic (exact) mass is 492 g/mol. The number of ether oxygens (including phenoxy) is 1. The minimum absolute atomic E-state index is 0.0334. The summed E-state index contributed by atoms with van der Waals surface area (Å²) in [6, 6.07) is 9.55. The molecule has 6 nitrogen and oxygen atoms in total. The lowest BCUT2D eigenvalue weighted by Crippen LogP contribution is -2.30. The molecule has 1 atom stereocenters. The molecular weight excluding hydrogens is 469 g/mol. The molecule has 10 heteroatoms. The van der Waals surface area contributed by atoms with Crippen molar-refractivity contribution in [3.8, 4) is 5.75 Å². The topological polar surface area (TPSA) is 80.5 Å². The number of halogens is 4. The molecule has 0 spiro atoms. The van der Waals surface area contributed by atoms with Crippen LogP contribution in [-0.4, -0.2) is 48.5 Å². The Labute approximate surface area is 199 Å². The number of rotatable bonds is 8. The van der Waals surface area contributed by atoms with Gasteiger partial charge in [-0.1, -0.05) is 11.6 Å². The van der Waals surface area contributed by atoms with E-state index in [1.54, 1.807) is 29.3 Å². The van der Waals surface area contributed by atoms with E-state index in [0.29, 0.717) is 34.7 Å². The fourth-order valence-corrected chi connectivity index (χ4v) is 4.42. The Morgan fingerprint density at radius 3 is 2.76 bits per heavy atom. The Hall–Kier alpha value is -3.04. The molecule has 1 aromatic heterocycles. The number of likely N-dealkylation sites (tertiary alicyclic amines) is 1. The number of benzene rings is 2. The first-order valence-corrected chi connectivity index (χ1v) is 11.1. The summed E-state index contributed by atoms with van der Waals surface area (Å²) in [7, 11) is 1.49. The smallest absolute Gasteiger partial charge is 0.261 e. The van der Waals surface area contributed by atoms with Crippen molar-refractivity contribution in [3.63, 3.8) is 0 Å². The number of carbonyl (C=O) groups excluding carboxylic acids is 1.